The molecule has 1 aliphatic carbocycles. The van der Waals surface area contributed by atoms with Gasteiger partial charge < -0.3 is 10.1 Å². The first-order valence-corrected chi connectivity index (χ1v) is 15.9. The molecule has 1 saturated carbocycles. The molecule has 1 N–H and O–H groups in total. The summed E-state index contributed by atoms with van der Waals surface area (Å²) in [6.07, 6.45) is 10.0. The summed E-state index contributed by atoms with van der Waals surface area (Å²) in [6, 6.07) is -0.609. The highest BCUT2D eigenvalue weighted by molar-refractivity contribution is 8.09. The van der Waals surface area contributed by atoms with E-state index in [1.54, 1.807) is 20.8 Å². The van der Waals surface area contributed by atoms with Crippen LogP contribution in [0.25, 0.3) is 0 Å². The Bertz CT molecular complexity index is 1280. The summed E-state index contributed by atoms with van der Waals surface area (Å²) < 4.78 is 70.5. The lowest BCUT2D eigenvalue weighted by molar-refractivity contribution is 0.151. The minimum absolute atomic E-state index is 0.0228. The van der Waals surface area contributed by atoms with Crippen molar-refractivity contribution in [3.05, 3.63) is 28.1 Å². The van der Waals surface area contributed by atoms with Gasteiger partial charge in [0.1, 0.15) is 0 Å². The zero-order valence-electron chi connectivity index (χ0n) is 21.6. The average Bonchev–Trinajstić information content (AvgIpc) is 2.75. The van der Waals surface area contributed by atoms with Crippen LogP contribution in [0.15, 0.2) is 22.6 Å². The molecule has 1 aliphatic rings. The fraction of sp³-hybridized carbons (Fsp3) is 0.652. The zero-order valence-corrected chi connectivity index (χ0v) is 24.0. The van der Waals surface area contributed by atoms with Gasteiger partial charge in [0.25, 0.3) is 5.56 Å². The topological polar surface area (TPSA) is 128 Å². The van der Waals surface area contributed by atoms with Crippen LogP contribution in [0.4, 0.5) is 16.0 Å². The summed E-state index contributed by atoms with van der Waals surface area (Å²) in [5.41, 5.74) is -1.49. The SMILES string of the molecule is C#C/C(OC(C)C)=C(/F)CC(C)Nc1ncc(N(S(C)(=O)=O)S(C)(=O)=O)c(=O)n1CC1CCC(Cl)CC1. The number of nitrogens with one attached hydrogen (secondary N) is 1. The van der Waals surface area contributed by atoms with Gasteiger partial charge in [0.15, 0.2) is 11.5 Å². The Morgan fingerprint density at radius 3 is 2.30 bits per heavy atom. The van der Waals surface area contributed by atoms with Crippen LogP contribution in [-0.4, -0.2) is 56.4 Å². The Morgan fingerprint density at radius 1 is 1.24 bits per heavy atom. The van der Waals surface area contributed by atoms with E-state index < -0.39 is 43.2 Å². The third kappa shape index (κ3) is 8.61. The molecule has 1 aromatic rings. The van der Waals surface area contributed by atoms with Crippen molar-refractivity contribution in [1.29, 1.82) is 0 Å². The van der Waals surface area contributed by atoms with E-state index in [0.717, 1.165) is 31.9 Å². The van der Waals surface area contributed by atoms with Crippen molar-refractivity contribution in [2.45, 2.75) is 76.9 Å². The number of hydrogen-bond donors (Lipinski definition) is 1. The smallest absolute Gasteiger partial charge is 0.280 e. The fourth-order valence-corrected chi connectivity index (χ4v) is 7.29. The summed E-state index contributed by atoms with van der Waals surface area (Å²) in [7, 11) is -8.73. The second-order valence-electron chi connectivity index (χ2n) is 9.52. The van der Waals surface area contributed by atoms with Crippen LogP contribution in [0, 0.1) is 18.3 Å². The van der Waals surface area contributed by atoms with Crippen LogP contribution in [0.2, 0.25) is 0 Å². The molecule has 1 fully saturated rings. The molecule has 208 valence electrons. The lowest BCUT2D eigenvalue weighted by Crippen LogP contribution is -2.41. The van der Waals surface area contributed by atoms with Crippen LogP contribution in [0.3, 0.4) is 0 Å². The van der Waals surface area contributed by atoms with Gasteiger partial charge in [-0.25, -0.2) is 26.2 Å². The molecular weight excluding hydrogens is 547 g/mol. The number of terminal acetylenes is 1. The molecule has 0 radical (unpaired) electrons. The minimum atomic E-state index is -4.36. The first-order valence-electron chi connectivity index (χ1n) is 11.8. The highest BCUT2D eigenvalue weighted by Gasteiger charge is 2.32. The maximum Gasteiger partial charge on any atom is 0.280 e. The van der Waals surface area contributed by atoms with Crippen molar-refractivity contribution in [2.24, 2.45) is 5.92 Å². The zero-order chi connectivity index (χ0) is 28.1. The molecule has 0 aliphatic heterocycles. The number of anilines is 2. The van der Waals surface area contributed by atoms with Gasteiger partial charge in [-0.1, -0.05) is 0 Å². The lowest BCUT2D eigenvalue weighted by Gasteiger charge is -2.28. The largest absolute Gasteiger partial charge is 0.481 e. The Balaban J connectivity index is 2.51. The van der Waals surface area contributed by atoms with Crippen LogP contribution < -0.4 is 14.6 Å². The number of aromatic nitrogens is 2. The molecule has 14 heteroatoms. The number of hydrogen-bond acceptors (Lipinski definition) is 8. The van der Waals surface area contributed by atoms with Gasteiger partial charge in [0.2, 0.25) is 31.8 Å². The van der Waals surface area contributed by atoms with E-state index in [0.29, 0.717) is 12.5 Å². The number of ether oxygens (including phenoxy) is 1. The van der Waals surface area contributed by atoms with Crippen LogP contribution in [-0.2, 0) is 31.3 Å². The van der Waals surface area contributed by atoms with Crippen LogP contribution in [0.1, 0.15) is 52.9 Å². The highest BCUT2D eigenvalue weighted by Crippen LogP contribution is 2.29. The number of rotatable bonds is 11. The van der Waals surface area contributed by atoms with Gasteiger partial charge in [-0.2, -0.15) is 3.71 Å². The average molecular weight is 581 g/mol. The van der Waals surface area contributed by atoms with Gasteiger partial charge in [-0.15, -0.1) is 18.0 Å². The van der Waals surface area contributed by atoms with E-state index in [-0.39, 0.29) is 45.8 Å². The molecule has 0 bridgehead atoms. The quantitative estimate of drug-likeness (QED) is 0.240. The van der Waals surface area contributed by atoms with Crippen LogP contribution >= 0.6 is 11.6 Å². The minimum Gasteiger partial charge on any atom is -0.481 e. The van der Waals surface area contributed by atoms with Gasteiger partial charge in [-0.3, -0.25) is 9.36 Å². The molecule has 1 unspecified atom stereocenters. The monoisotopic (exact) mass is 580 g/mol. The van der Waals surface area contributed by atoms with E-state index in [1.165, 1.54) is 4.57 Å². The normalized spacial score (nSPS) is 20.1. The van der Waals surface area contributed by atoms with Crippen molar-refractivity contribution >= 4 is 43.3 Å². The molecule has 1 heterocycles. The molecule has 0 amide bonds. The van der Waals surface area contributed by atoms with Crippen molar-refractivity contribution in [3.63, 3.8) is 0 Å². The lowest BCUT2D eigenvalue weighted by atomic mass is 9.89. The molecule has 2 rings (SSSR count). The molecule has 0 spiro atoms. The Kier molecular flexibility index (Phi) is 10.4. The van der Waals surface area contributed by atoms with Crippen molar-refractivity contribution in [2.75, 3.05) is 21.5 Å². The molecule has 37 heavy (non-hydrogen) atoms. The Labute approximate surface area is 223 Å². The van der Waals surface area contributed by atoms with Gasteiger partial charge >= 0.3 is 0 Å². The fourth-order valence-electron chi connectivity index (χ4n) is 4.10. The summed E-state index contributed by atoms with van der Waals surface area (Å²) >= 11 is 6.20. The summed E-state index contributed by atoms with van der Waals surface area (Å²) in [4.78, 5) is 17.7. The Hall–Kier alpha value is -2.30. The van der Waals surface area contributed by atoms with Crippen molar-refractivity contribution < 1.29 is 26.0 Å². The van der Waals surface area contributed by atoms with Gasteiger partial charge in [0.05, 0.1) is 24.8 Å². The first kappa shape index (κ1) is 30.9. The highest BCUT2D eigenvalue weighted by atomic mass is 35.5. The molecular formula is C23H34ClFN4O6S2. The van der Waals surface area contributed by atoms with E-state index >= 15 is 0 Å². The summed E-state index contributed by atoms with van der Waals surface area (Å²) in [6.45, 7) is 5.21. The molecule has 10 nitrogen and oxygen atoms in total. The number of nitrogens with zero attached hydrogens (tertiary/aromatic N) is 3. The maximum atomic E-state index is 14.7. The van der Waals surface area contributed by atoms with E-state index in [1.807, 2.05) is 0 Å². The van der Waals surface area contributed by atoms with E-state index in [4.69, 9.17) is 22.8 Å². The molecule has 1 aromatic heterocycles. The number of alkyl halides is 1. The van der Waals surface area contributed by atoms with E-state index in [9.17, 15) is 26.0 Å². The molecule has 0 saturated heterocycles. The second-order valence-corrected chi connectivity index (χ2v) is 14.0. The molecule has 1 atom stereocenters. The number of halogens is 2. The third-order valence-electron chi connectivity index (χ3n) is 5.64. The summed E-state index contributed by atoms with van der Waals surface area (Å²) in [5, 5.41) is 3.00. The van der Waals surface area contributed by atoms with Gasteiger partial charge in [0, 0.05) is 24.4 Å². The maximum absolute atomic E-state index is 14.7. The number of allylic oxidation sites excluding steroid dienone is 1. The standard InChI is InChI=1S/C23H34ClFN4O6S2/c1-7-21(35-15(2)3)19(25)12-16(4)27-23-26-13-20(29(36(5,31)32)37(6,33)34)22(30)28(23)14-17-8-10-18(24)11-9-17/h1,13,15-18H,8-12,14H2,2-6H3,(H,26,27)/b21-19-. The number of sulfonamides is 2. The third-order valence-corrected chi connectivity index (χ3v) is 9.30. The van der Waals surface area contributed by atoms with Gasteiger partial charge in [-0.05, 0) is 58.3 Å². The predicted molar refractivity (Wildman–Crippen MR) is 143 cm³/mol. The second kappa shape index (κ2) is 12.5. The molecule has 0 aromatic carbocycles. The Morgan fingerprint density at radius 2 is 1.81 bits per heavy atom. The van der Waals surface area contributed by atoms with Crippen LogP contribution in [0.5, 0.6) is 0 Å². The van der Waals surface area contributed by atoms with Crippen molar-refractivity contribution in [1.82, 2.24) is 9.55 Å². The first-order chi connectivity index (χ1) is 17.0. The predicted octanol–water partition coefficient (Wildman–Crippen LogP) is 3.20. The summed E-state index contributed by atoms with van der Waals surface area (Å²) in [5.74, 6) is 1.36. The van der Waals surface area contributed by atoms with E-state index in [2.05, 4.69) is 16.2 Å². The van der Waals surface area contributed by atoms with Crippen molar-refractivity contribution in [3.8, 4) is 12.3 Å².